The van der Waals surface area contributed by atoms with E-state index >= 15 is 0 Å². The number of nitrogens with one attached hydrogen (secondary N) is 3. The number of likely N-dealkylation sites (tertiary alicyclic amines) is 1. The maximum atomic E-state index is 14.0. The monoisotopic (exact) mass is 940 g/mol. The Morgan fingerprint density at radius 1 is 0.913 bits per heavy atom. The zero-order valence-electron chi connectivity index (χ0n) is 40.3. The second-order valence-electron chi connectivity index (χ2n) is 20.5. The maximum absolute atomic E-state index is 14.0. The quantitative estimate of drug-likeness (QED) is 0.0947. The molecular formula is C52H65N11O6. The van der Waals surface area contributed by atoms with Crippen LogP contribution in [0.25, 0.3) is 22.5 Å². The number of pyridine rings is 1. The summed E-state index contributed by atoms with van der Waals surface area (Å²) in [5.74, 6) is 2.04. The molecule has 1 atom stereocenters. The van der Waals surface area contributed by atoms with Crippen molar-refractivity contribution in [3.8, 4) is 11.5 Å². The Labute approximate surface area is 402 Å². The summed E-state index contributed by atoms with van der Waals surface area (Å²) in [5.41, 5.74) is 6.32. The van der Waals surface area contributed by atoms with E-state index in [-0.39, 0.29) is 41.6 Å². The minimum absolute atomic E-state index is 0.0635. The van der Waals surface area contributed by atoms with Crippen LogP contribution in [0.5, 0.6) is 0 Å². The predicted molar refractivity (Wildman–Crippen MR) is 264 cm³/mol. The molecule has 4 amide bonds. The number of hydrogen-bond acceptors (Lipinski definition) is 12. The topological polar surface area (TPSA) is 183 Å². The van der Waals surface area contributed by atoms with Crippen LogP contribution in [0.4, 0.5) is 17.2 Å². The fourth-order valence-electron chi connectivity index (χ4n) is 11.2. The number of nitrogens with zero attached hydrogens (tertiary/aromatic N) is 8. The van der Waals surface area contributed by atoms with Crippen LogP contribution < -0.4 is 26.5 Å². The number of imide groups is 1. The highest BCUT2D eigenvalue weighted by Gasteiger charge is 2.37. The van der Waals surface area contributed by atoms with Gasteiger partial charge in [-0.2, -0.15) is 0 Å². The number of hydrogen-bond donors (Lipinski definition) is 3. The molecule has 4 fully saturated rings. The second kappa shape index (κ2) is 19.6. The first-order valence-electron chi connectivity index (χ1n) is 24.9. The average Bonchev–Trinajstić information content (AvgIpc) is 3.84. The predicted octanol–water partition coefficient (Wildman–Crippen LogP) is 6.26. The number of anilines is 3. The van der Waals surface area contributed by atoms with Gasteiger partial charge >= 0.3 is 5.69 Å². The first-order valence-corrected chi connectivity index (χ1v) is 24.9. The van der Waals surface area contributed by atoms with Crippen molar-refractivity contribution in [1.82, 2.24) is 39.1 Å². The summed E-state index contributed by atoms with van der Waals surface area (Å²) >= 11 is 0. The van der Waals surface area contributed by atoms with Crippen LogP contribution in [0.3, 0.4) is 0 Å². The SMILES string of the molecule is CN(CCC1CCN(Cc2cccc3c2n(C)c(=O)n3C2CCC(=O)NC2=O)CC1)C[C@H]1CC[C@H](N2Cc3cc(NC(=O)c4coc(-c5ccnc(NCC6CC6)c5)n4)c(N(C)C)cc3C2=O)CC1. The number of benzene rings is 2. The van der Waals surface area contributed by atoms with E-state index in [1.807, 2.05) is 60.3 Å². The van der Waals surface area contributed by atoms with Crippen LogP contribution in [0.2, 0.25) is 0 Å². The number of imidazole rings is 1. The Hall–Kier alpha value is -6.33. The fourth-order valence-corrected chi connectivity index (χ4v) is 11.2. The number of aryl methyl sites for hydroxylation is 1. The van der Waals surface area contributed by atoms with E-state index in [1.165, 1.54) is 25.5 Å². The standard InChI is InChI=1S/C52H65N11O6/c1-58(2)44-26-39-37(24-40(44)55-48(65)41-31-69-50(56-41)35-16-20-53-45(25-35)54-27-33-8-9-33)30-62(51(39)67)38-12-10-34(11-13-38)28-59(3)21-17-32-18-22-61(23-19-32)29-36-6-5-7-42-47(36)60(4)52(68)63(42)43-14-15-46(64)57-49(43)66/h5-7,16,20,24-26,31-34,38,43H,8-15,17-19,21-23,27-30H2,1-4H3,(H,53,54)(H,55,65)(H,57,64,66)/t34-,38-,43?. The number of oxazole rings is 1. The van der Waals surface area contributed by atoms with Crippen LogP contribution in [-0.4, -0.2) is 117 Å². The largest absolute Gasteiger partial charge is 0.444 e. The number of rotatable bonds is 16. The molecule has 5 aromatic rings. The molecule has 1 unspecified atom stereocenters. The van der Waals surface area contributed by atoms with Gasteiger partial charge in [-0.25, -0.2) is 14.8 Å². The molecule has 17 heteroatoms. The Balaban J connectivity index is 0.679. The molecule has 2 aromatic carbocycles. The third-order valence-electron chi connectivity index (χ3n) is 15.4. The van der Waals surface area contributed by atoms with Crippen molar-refractivity contribution in [2.45, 2.75) is 95.8 Å². The number of para-hydroxylation sites is 1. The van der Waals surface area contributed by atoms with Crippen LogP contribution in [-0.2, 0) is 29.7 Å². The van der Waals surface area contributed by atoms with Crippen LogP contribution in [0.1, 0.15) is 109 Å². The molecule has 17 nitrogen and oxygen atoms in total. The Bertz CT molecular complexity index is 2810. The number of aromatic nitrogens is 4. The van der Waals surface area contributed by atoms with Gasteiger partial charge in [0.05, 0.1) is 22.4 Å². The van der Waals surface area contributed by atoms with Gasteiger partial charge in [0, 0.05) is 77.1 Å². The average molecular weight is 940 g/mol. The van der Waals surface area contributed by atoms with E-state index in [9.17, 15) is 24.0 Å². The molecule has 0 radical (unpaired) electrons. The summed E-state index contributed by atoms with van der Waals surface area (Å²) in [6, 6.07) is 13.0. The molecule has 3 aromatic heterocycles. The highest BCUT2D eigenvalue weighted by atomic mass is 16.3. The van der Waals surface area contributed by atoms with Gasteiger partial charge in [-0.1, -0.05) is 12.1 Å². The van der Waals surface area contributed by atoms with Crippen molar-refractivity contribution in [2.75, 3.05) is 69.4 Å². The van der Waals surface area contributed by atoms with Gasteiger partial charge in [0.25, 0.3) is 11.8 Å². The zero-order chi connectivity index (χ0) is 47.9. The lowest BCUT2D eigenvalue weighted by Crippen LogP contribution is -2.44. The van der Waals surface area contributed by atoms with Crippen LogP contribution in [0.15, 0.2) is 64.1 Å². The van der Waals surface area contributed by atoms with Gasteiger partial charge in [0.1, 0.15) is 18.1 Å². The van der Waals surface area contributed by atoms with E-state index in [1.54, 1.807) is 22.4 Å². The zero-order valence-corrected chi connectivity index (χ0v) is 40.3. The summed E-state index contributed by atoms with van der Waals surface area (Å²) in [5, 5.41) is 8.83. The molecule has 69 heavy (non-hydrogen) atoms. The van der Waals surface area contributed by atoms with Gasteiger partial charge < -0.3 is 29.8 Å². The summed E-state index contributed by atoms with van der Waals surface area (Å²) in [6.45, 7) is 6.28. The smallest absolute Gasteiger partial charge is 0.329 e. The lowest BCUT2D eigenvalue weighted by molar-refractivity contribution is -0.135. The van der Waals surface area contributed by atoms with Crippen molar-refractivity contribution in [2.24, 2.45) is 24.8 Å². The number of carbonyl (C=O) groups excluding carboxylic acids is 4. The van der Waals surface area contributed by atoms with Gasteiger partial charge in [-0.05, 0) is 150 Å². The minimum atomic E-state index is -0.691. The van der Waals surface area contributed by atoms with E-state index in [0.717, 1.165) is 117 Å². The molecule has 2 saturated heterocycles. The van der Waals surface area contributed by atoms with E-state index < -0.39 is 11.9 Å². The molecule has 3 aliphatic heterocycles. The Kier molecular flexibility index (Phi) is 13.2. The third-order valence-corrected chi connectivity index (χ3v) is 15.4. The van der Waals surface area contributed by atoms with Crippen LogP contribution >= 0.6 is 0 Å². The molecule has 2 aliphatic carbocycles. The molecule has 0 bridgehead atoms. The molecule has 0 spiro atoms. The minimum Gasteiger partial charge on any atom is -0.444 e. The number of fused-ring (bicyclic) bond motifs is 2. The Morgan fingerprint density at radius 2 is 1.70 bits per heavy atom. The first-order chi connectivity index (χ1) is 33.4. The van der Waals surface area contributed by atoms with Crippen molar-refractivity contribution < 1.29 is 23.6 Å². The first kappa shape index (κ1) is 46.4. The number of amides is 4. The second-order valence-corrected chi connectivity index (χ2v) is 20.5. The summed E-state index contributed by atoms with van der Waals surface area (Å²) in [4.78, 5) is 83.4. The molecule has 3 N–H and O–H groups in total. The summed E-state index contributed by atoms with van der Waals surface area (Å²) < 4.78 is 8.97. The van der Waals surface area contributed by atoms with Crippen molar-refractivity contribution in [3.63, 3.8) is 0 Å². The van der Waals surface area contributed by atoms with E-state index in [2.05, 4.69) is 48.8 Å². The molecule has 364 valence electrons. The number of piperidine rings is 2. The summed E-state index contributed by atoms with van der Waals surface area (Å²) in [6.07, 6.45) is 13.7. The van der Waals surface area contributed by atoms with Crippen molar-refractivity contribution in [1.29, 1.82) is 0 Å². The molecule has 10 rings (SSSR count). The van der Waals surface area contributed by atoms with E-state index in [4.69, 9.17) is 4.42 Å². The summed E-state index contributed by atoms with van der Waals surface area (Å²) in [7, 11) is 7.84. The van der Waals surface area contributed by atoms with Gasteiger partial charge in [0.2, 0.25) is 17.7 Å². The van der Waals surface area contributed by atoms with Gasteiger partial charge in [-0.3, -0.25) is 38.5 Å². The maximum Gasteiger partial charge on any atom is 0.329 e. The highest BCUT2D eigenvalue weighted by Crippen LogP contribution is 2.38. The lowest BCUT2D eigenvalue weighted by Gasteiger charge is -2.36. The van der Waals surface area contributed by atoms with Gasteiger partial charge in [-0.15, -0.1) is 0 Å². The lowest BCUT2D eigenvalue weighted by atomic mass is 9.85. The third kappa shape index (κ3) is 9.93. The van der Waals surface area contributed by atoms with Crippen LogP contribution in [0, 0.1) is 17.8 Å². The highest BCUT2D eigenvalue weighted by molar-refractivity contribution is 6.07. The number of carbonyl (C=O) groups is 4. The normalized spacial score (nSPS) is 21.3. The molecule has 5 aliphatic rings. The fraction of sp³-hybridized carbons (Fsp3) is 0.519. The molecular weight excluding hydrogens is 875 g/mol. The van der Waals surface area contributed by atoms with E-state index in [0.29, 0.717) is 47.9 Å². The molecule has 6 heterocycles. The van der Waals surface area contributed by atoms with Gasteiger partial charge in [0.15, 0.2) is 5.69 Å². The molecule has 2 saturated carbocycles. The van der Waals surface area contributed by atoms with Crippen molar-refractivity contribution >= 4 is 51.9 Å². The Morgan fingerprint density at radius 3 is 2.45 bits per heavy atom. The van der Waals surface area contributed by atoms with Crippen molar-refractivity contribution in [3.05, 3.63) is 87.8 Å².